The van der Waals surface area contributed by atoms with Gasteiger partial charge in [0.1, 0.15) is 11.8 Å². The molecule has 31 heavy (non-hydrogen) atoms. The van der Waals surface area contributed by atoms with Gasteiger partial charge in [-0.05, 0) is 37.1 Å². The van der Waals surface area contributed by atoms with Gasteiger partial charge in [-0.1, -0.05) is 24.8 Å². The van der Waals surface area contributed by atoms with Crippen molar-refractivity contribution in [1.82, 2.24) is 19.2 Å². The van der Waals surface area contributed by atoms with Crippen molar-refractivity contribution in [2.45, 2.75) is 42.3 Å². The molecule has 2 aliphatic rings. The van der Waals surface area contributed by atoms with Crippen molar-refractivity contribution in [1.29, 1.82) is 0 Å². The molecule has 0 bridgehead atoms. The number of piperidine rings is 1. The molecule has 0 N–H and O–H groups in total. The van der Waals surface area contributed by atoms with E-state index >= 15 is 0 Å². The fourth-order valence-electron chi connectivity index (χ4n) is 4.28. The van der Waals surface area contributed by atoms with Gasteiger partial charge in [-0.15, -0.1) is 0 Å². The minimum Gasteiger partial charge on any atom is -0.364 e. The molecule has 1 fully saturated rings. The maximum absolute atomic E-state index is 11.8. The van der Waals surface area contributed by atoms with Gasteiger partial charge in [0.05, 0.1) is 11.9 Å². The van der Waals surface area contributed by atoms with Gasteiger partial charge in [0.15, 0.2) is 5.82 Å². The lowest BCUT2D eigenvalue weighted by atomic mass is 10.0. The molecule has 4 rings (SSSR count). The van der Waals surface area contributed by atoms with Gasteiger partial charge in [0, 0.05) is 50.1 Å². The molecule has 3 heterocycles. The van der Waals surface area contributed by atoms with E-state index in [1.165, 1.54) is 11.8 Å². The number of hydrogen-bond acceptors (Lipinski definition) is 8. The molecule has 2 aromatic rings. The summed E-state index contributed by atoms with van der Waals surface area (Å²) in [6.07, 6.45) is 6.44. The summed E-state index contributed by atoms with van der Waals surface area (Å²) in [6.45, 7) is 5.51. The lowest BCUT2D eigenvalue weighted by Gasteiger charge is -2.37. The maximum atomic E-state index is 11.8. The van der Waals surface area contributed by atoms with Crippen molar-refractivity contribution in [2.24, 2.45) is 0 Å². The molecule has 1 saturated heterocycles. The number of aromatic nitrogens is 2. The first-order valence-electron chi connectivity index (χ1n) is 10.5. The summed E-state index contributed by atoms with van der Waals surface area (Å²) in [5.41, 5.74) is 2.31. The van der Waals surface area contributed by atoms with Gasteiger partial charge in [-0.25, -0.2) is 22.7 Å². The van der Waals surface area contributed by atoms with Crippen molar-refractivity contribution >= 4 is 33.3 Å². The minimum absolute atomic E-state index is 0.384. The smallest absolute Gasteiger partial charge is 0.211 e. The molecule has 0 saturated carbocycles. The Labute approximate surface area is 188 Å². The summed E-state index contributed by atoms with van der Waals surface area (Å²) in [6, 6.07) is 6.92. The van der Waals surface area contributed by atoms with Crippen LogP contribution in [0.1, 0.15) is 25.3 Å². The zero-order chi connectivity index (χ0) is 22.0. The Morgan fingerprint density at radius 2 is 1.97 bits per heavy atom. The monoisotopic (exact) mass is 463 g/mol. The van der Waals surface area contributed by atoms with E-state index in [0.29, 0.717) is 25.9 Å². The third-order valence-electron chi connectivity index (χ3n) is 5.88. The number of fused-ring (bicyclic) bond motifs is 2. The van der Waals surface area contributed by atoms with Crippen LogP contribution in [-0.2, 0) is 21.3 Å². The normalized spacial score (nSPS) is 17.6. The molecular formula is C21H29N5O3S2. The summed E-state index contributed by atoms with van der Waals surface area (Å²) in [4.78, 5) is 14.6. The van der Waals surface area contributed by atoms with Gasteiger partial charge < -0.3 is 4.74 Å². The van der Waals surface area contributed by atoms with Crippen LogP contribution in [0.25, 0.3) is 0 Å². The quantitative estimate of drug-likeness (QED) is 0.620. The Morgan fingerprint density at radius 3 is 2.65 bits per heavy atom. The average Bonchev–Trinajstić information content (AvgIpc) is 2.77. The molecular weight excluding hydrogens is 434 g/mol. The number of rotatable bonds is 7. The topological polar surface area (TPSA) is 78.9 Å². The fraction of sp³-hybridized carbons (Fsp3) is 0.524. The highest BCUT2D eigenvalue weighted by atomic mass is 32.2. The van der Waals surface area contributed by atoms with Crippen LogP contribution in [0, 0.1) is 0 Å². The van der Waals surface area contributed by atoms with Crippen LogP contribution >= 0.6 is 11.8 Å². The third kappa shape index (κ3) is 4.88. The molecule has 0 amide bonds. The third-order valence-corrected chi connectivity index (χ3v) is 8.23. The predicted octanol–water partition coefficient (Wildman–Crippen LogP) is 2.93. The maximum Gasteiger partial charge on any atom is 0.211 e. The van der Waals surface area contributed by atoms with E-state index in [9.17, 15) is 8.42 Å². The second kappa shape index (κ2) is 9.41. The van der Waals surface area contributed by atoms with Crippen LogP contribution in [-0.4, -0.2) is 73.4 Å². The minimum atomic E-state index is -3.10. The van der Waals surface area contributed by atoms with Crippen molar-refractivity contribution < 1.29 is 13.2 Å². The second-order valence-corrected chi connectivity index (χ2v) is 10.9. The molecule has 8 nitrogen and oxygen atoms in total. The number of anilines is 2. The zero-order valence-corrected chi connectivity index (χ0v) is 19.8. The van der Waals surface area contributed by atoms with Crippen LogP contribution in [0.5, 0.6) is 0 Å². The largest absolute Gasteiger partial charge is 0.364 e. The zero-order valence-electron chi connectivity index (χ0n) is 18.2. The van der Waals surface area contributed by atoms with Crippen LogP contribution in [0.2, 0.25) is 0 Å². The summed E-state index contributed by atoms with van der Waals surface area (Å²) >= 11 is 1.63. The van der Waals surface area contributed by atoms with Gasteiger partial charge in [0.25, 0.3) is 0 Å². The summed E-state index contributed by atoms with van der Waals surface area (Å²) in [5.74, 6) is 0.819. The Balaban J connectivity index is 1.52. The summed E-state index contributed by atoms with van der Waals surface area (Å²) < 4.78 is 30.7. The van der Waals surface area contributed by atoms with Crippen LogP contribution in [0.3, 0.4) is 0 Å². The first-order chi connectivity index (χ1) is 14.9. The number of benzene rings is 1. The van der Waals surface area contributed by atoms with E-state index in [-0.39, 0.29) is 0 Å². The molecule has 0 aliphatic carbocycles. The fourth-order valence-corrected chi connectivity index (χ4v) is 6.14. The van der Waals surface area contributed by atoms with E-state index < -0.39 is 10.0 Å². The second-order valence-electron chi connectivity index (χ2n) is 7.89. The number of sulfonamides is 1. The van der Waals surface area contributed by atoms with Crippen LogP contribution in [0.4, 0.5) is 11.5 Å². The summed E-state index contributed by atoms with van der Waals surface area (Å²) in [7, 11) is -1.42. The molecule has 1 aromatic heterocycles. The highest BCUT2D eigenvalue weighted by Crippen LogP contribution is 2.46. The standard InChI is InChI=1S/C21H29N5O3S2/c1-4-24(17-7-11-25(12-8-17)31(3,27)28)14-16-5-6-19-18(13-16)26(15-29-2)20-21(30-19)23-10-9-22-20/h5-6,9-10,13,17H,4,7-8,11-12,14-15H2,1-3H3. The molecule has 168 valence electrons. The van der Waals surface area contributed by atoms with E-state index in [2.05, 4.69) is 44.9 Å². The van der Waals surface area contributed by atoms with E-state index in [4.69, 9.17) is 4.74 Å². The number of ether oxygens (including phenoxy) is 1. The van der Waals surface area contributed by atoms with E-state index in [1.807, 2.05) is 0 Å². The molecule has 0 unspecified atom stereocenters. The highest BCUT2D eigenvalue weighted by Gasteiger charge is 2.29. The Morgan fingerprint density at radius 1 is 1.23 bits per heavy atom. The van der Waals surface area contributed by atoms with Crippen molar-refractivity contribution in [3.05, 3.63) is 36.2 Å². The predicted molar refractivity (Wildman–Crippen MR) is 122 cm³/mol. The number of methoxy groups -OCH3 is 1. The molecule has 0 atom stereocenters. The Bertz CT molecular complexity index is 1030. The lowest BCUT2D eigenvalue weighted by molar-refractivity contribution is 0.139. The van der Waals surface area contributed by atoms with Gasteiger partial charge in [0.2, 0.25) is 10.0 Å². The van der Waals surface area contributed by atoms with Crippen LogP contribution < -0.4 is 4.90 Å². The Hall–Kier alpha value is -1.72. The molecule has 2 aliphatic heterocycles. The van der Waals surface area contributed by atoms with Crippen molar-refractivity contribution in [3.63, 3.8) is 0 Å². The average molecular weight is 464 g/mol. The van der Waals surface area contributed by atoms with E-state index in [1.54, 1.807) is 35.6 Å². The van der Waals surface area contributed by atoms with Crippen molar-refractivity contribution in [3.8, 4) is 0 Å². The van der Waals surface area contributed by atoms with Gasteiger partial charge in [-0.3, -0.25) is 9.80 Å². The number of hydrogen-bond donors (Lipinski definition) is 0. The molecule has 0 radical (unpaired) electrons. The van der Waals surface area contributed by atoms with Crippen LogP contribution in [0.15, 0.2) is 40.5 Å². The lowest BCUT2D eigenvalue weighted by Crippen LogP contribution is -2.46. The molecule has 0 spiro atoms. The highest BCUT2D eigenvalue weighted by molar-refractivity contribution is 7.99. The summed E-state index contributed by atoms with van der Waals surface area (Å²) in [5, 5.41) is 0.882. The Kier molecular flexibility index (Phi) is 6.83. The van der Waals surface area contributed by atoms with Gasteiger partial charge >= 0.3 is 0 Å². The van der Waals surface area contributed by atoms with Crippen molar-refractivity contribution in [2.75, 3.05) is 44.6 Å². The van der Waals surface area contributed by atoms with Gasteiger partial charge in [-0.2, -0.15) is 0 Å². The first kappa shape index (κ1) is 22.5. The molecule has 10 heteroatoms. The number of nitrogens with zero attached hydrogens (tertiary/aromatic N) is 5. The first-order valence-corrected chi connectivity index (χ1v) is 13.1. The SMILES string of the molecule is CCN(Cc1ccc2c(c1)N(COC)c1nccnc1S2)C1CCN(S(C)(=O)=O)CC1. The molecule has 1 aromatic carbocycles. The van der Waals surface area contributed by atoms with E-state index in [0.717, 1.165) is 47.4 Å².